The van der Waals surface area contributed by atoms with E-state index < -0.39 is 11.2 Å². The minimum Gasteiger partial charge on any atom is -0.495 e. The highest BCUT2D eigenvalue weighted by atomic mass is 35.5. The second-order valence-corrected chi connectivity index (χ2v) is 9.46. The van der Waals surface area contributed by atoms with Crippen molar-refractivity contribution in [3.63, 3.8) is 0 Å². The van der Waals surface area contributed by atoms with E-state index in [1.807, 2.05) is 12.1 Å². The van der Waals surface area contributed by atoms with Gasteiger partial charge in [-0.3, -0.25) is 14.5 Å². The summed E-state index contributed by atoms with van der Waals surface area (Å²) in [4.78, 5) is 28.2. The molecule has 1 atom stereocenters. The molecule has 35 heavy (non-hydrogen) atoms. The summed E-state index contributed by atoms with van der Waals surface area (Å²) in [6.45, 7) is 0. The molecular formula is C26H19Cl2N3O3S. The highest BCUT2D eigenvalue weighted by molar-refractivity contribution is 8.05. The maximum atomic E-state index is 13.6. The number of benzene rings is 3. The van der Waals surface area contributed by atoms with E-state index >= 15 is 0 Å². The standard InChI is InChI=1S/C26H19Cl2N3O3S/c1-34-21-13-6-5-12-20(21)30-24(32)18(15-29)26-31(17-9-3-2-4-10-17)25(33)22(35-26)14-16-8-7-11-19(27)23(16)28/h2-13,22H,14H2,1H3,(H,30,32)/b26-18-/t22-/m0/s1. The van der Waals surface area contributed by atoms with Gasteiger partial charge in [0.25, 0.3) is 5.91 Å². The van der Waals surface area contributed by atoms with Crippen molar-refractivity contribution in [3.8, 4) is 11.8 Å². The van der Waals surface area contributed by atoms with Crippen LogP contribution in [0.5, 0.6) is 5.75 Å². The normalized spacial score (nSPS) is 16.6. The summed E-state index contributed by atoms with van der Waals surface area (Å²) in [5.41, 5.74) is 1.49. The summed E-state index contributed by atoms with van der Waals surface area (Å²) in [5, 5.41) is 13.1. The molecule has 1 aliphatic rings. The summed E-state index contributed by atoms with van der Waals surface area (Å²) >= 11 is 13.7. The van der Waals surface area contributed by atoms with Crippen LogP contribution >= 0.6 is 35.0 Å². The maximum Gasteiger partial charge on any atom is 0.269 e. The van der Waals surface area contributed by atoms with Crippen molar-refractivity contribution in [3.05, 3.63) is 99.0 Å². The van der Waals surface area contributed by atoms with Crippen molar-refractivity contribution in [2.24, 2.45) is 0 Å². The minimum atomic E-state index is -0.644. The maximum absolute atomic E-state index is 13.6. The van der Waals surface area contributed by atoms with Crippen LogP contribution in [0.1, 0.15) is 5.56 Å². The van der Waals surface area contributed by atoms with Crippen molar-refractivity contribution >= 4 is 58.2 Å². The van der Waals surface area contributed by atoms with Crippen LogP contribution in [0.25, 0.3) is 0 Å². The number of ether oxygens (including phenoxy) is 1. The Kier molecular flexibility index (Phi) is 7.67. The zero-order chi connectivity index (χ0) is 24.9. The van der Waals surface area contributed by atoms with Gasteiger partial charge in [0.05, 0.1) is 28.1 Å². The first-order chi connectivity index (χ1) is 16.9. The molecule has 0 aromatic heterocycles. The molecule has 9 heteroatoms. The average molecular weight is 524 g/mol. The van der Waals surface area contributed by atoms with Crippen LogP contribution in [0, 0.1) is 11.3 Å². The molecule has 2 amide bonds. The van der Waals surface area contributed by atoms with E-state index in [9.17, 15) is 14.9 Å². The molecule has 4 rings (SSSR count). The molecular weight excluding hydrogens is 505 g/mol. The summed E-state index contributed by atoms with van der Waals surface area (Å²) in [6, 6.07) is 23.0. The highest BCUT2D eigenvalue weighted by Gasteiger charge is 2.41. The Morgan fingerprint density at radius 2 is 1.80 bits per heavy atom. The van der Waals surface area contributed by atoms with Crippen LogP contribution in [-0.4, -0.2) is 24.2 Å². The zero-order valence-corrected chi connectivity index (χ0v) is 20.8. The number of rotatable bonds is 6. The van der Waals surface area contributed by atoms with E-state index in [1.54, 1.807) is 66.7 Å². The summed E-state index contributed by atoms with van der Waals surface area (Å²) < 4.78 is 5.29. The van der Waals surface area contributed by atoms with Gasteiger partial charge in [-0.05, 0) is 42.3 Å². The third-order valence-electron chi connectivity index (χ3n) is 5.31. The molecule has 0 saturated carbocycles. The zero-order valence-electron chi connectivity index (χ0n) is 18.5. The van der Waals surface area contributed by atoms with E-state index in [-0.39, 0.29) is 22.9 Å². The number of nitriles is 1. The SMILES string of the molecule is COc1ccccc1NC(=O)/C(C#N)=C1\S[C@@H](Cc2cccc(Cl)c2Cl)C(=O)N1c1ccccc1. The van der Waals surface area contributed by atoms with Crippen LogP contribution in [0.3, 0.4) is 0 Å². The summed E-state index contributed by atoms with van der Waals surface area (Å²) in [6.07, 6.45) is 0.280. The van der Waals surface area contributed by atoms with Gasteiger partial charge >= 0.3 is 0 Å². The molecule has 1 heterocycles. The first-order valence-electron chi connectivity index (χ1n) is 10.5. The Morgan fingerprint density at radius 3 is 2.51 bits per heavy atom. The topological polar surface area (TPSA) is 82.4 Å². The molecule has 1 aliphatic heterocycles. The molecule has 3 aromatic rings. The van der Waals surface area contributed by atoms with Gasteiger partial charge < -0.3 is 10.1 Å². The molecule has 176 valence electrons. The third kappa shape index (κ3) is 5.15. The fourth-order valence-electron chi connectivity index (χ4n) is 3.64. The molecule has 0 aliphatic carbocycles. The number of carbonyl (C=O) groups is 2. The Bertz CT molecular complexity index is 1360. The molecule has 0 spiro atoms. The van der Waals surface area contributed by atoms with Crippen molar-refractivity contribution in [1.29, 1.82) is 5.26 Å². The van der Waals surface area contributed by atoms with E-state index in [0.29, 0.717) is 32.7 Å². The quantitative estimate of drug-likeness (QED) is 0.313. The number of hydrogen-bond donors (Lipinski definition) is 1. The number of methoxy groups -OCH3 is 1. The van der Waals surface area contributed by atoms with E-state index in [2.05, 4.69) is 5.32 Å². The van der Waals surface area contributed by atoms with E-state index in [4.69, 9.17) is 27.9 Å². The van der Waals surface area contributed by atoms with Crippen LogP contribution in [-0.2, 0) is 16.0 Å². The number of hydrogen-bond acceptors (Lipinski definition) is 5. The lowest BCUT2D eigenvalue weighted by atomic mass is 10.1. The second-order valence-electron chi connectivity index (χ2n) is 7.48. The van der Waals surface area contributed by atoms with Gasteiger partial charge in [0.1, 0.15) is 22.4 Å². The minimum absolute atomic E-state index is 0.183. The van der Waals surface area contributed by atoms with Crippen molar-refractivity contribution in [2.45, 2.75) is 11.7 Å². The fraction of sp³-hybridized carbons (Fsp3) is 0.115. The van der Waals surface area contributed by atoms with Gasteiger partial charge in [-0.15, -0.1) is 0 Å². The summed E-state index contributed by atoms with van der Waals surface area (Å²) in [5.74, 6) is -0.452. The molecule has 0 radical (unpaired) electrons. The number of thioether (sulfide) groups is 1. The Hall–Kier alpha value is -3.44. The number of halogens is 2. The number of amides is 2. The van der Waals surface area contributed by atoms with Crippen molar-refractivity contribution in [2.75, 3.05) is 17.3 Å². The number of para-hydroxylation sites is 3. The van der Waals surface area contributed by atoms with Gasteiger partial charge in [-0.25, -0.2) is 0 Å². The van der Waals surface area contributed by atoms with Gasteiger partial charge in [-0.1, -0.05) is 77.4 Å². The lowest BCUT2D eigenvalue weighted by molar-refractivity contribution is -0.117. The molecule has 3 aromatic carbocycles. The van der Waals surface area contributed by atoms with E-state index in [1.165, 1.54) is 12.0 Å². The third-order valence-corrected chi connectivity index (χ3v) is 7.43. The number of carbonyl (C=O) groups excluding carboxylic acids is 2. The molecule has 0 bridgehead atoms. The monoisotopic (exact) mass is 523 g/mol. The number of nitrogens with one attached hydrogen (secondary N) is 1. The highest BCUT2D eigenvalue weighted by Crippen LogP contribution is 2.43. The number of nitrogens with zero attached hydrogens (tertiary/aromatic N) is 2. The first kappa shape index (κ1) is 24.7. The molecule has 6 nitrogen and oxygen atoms in total. The lowest BCUT2D eigenvalue weighted by Crippen LogP contribution is -2.31. The molecule has 1 saturated heterocycles. The first-order valence-corrected chi connectivity index (χ1v) is 12.2. The Labute approximate surface area is 217 Å². The van der Waals surface area contributed by atoms with Gasteiger partial charge in [-0.2, -0.15) is 5.26 Å². The Morgan fingerprint density at radius 1 is 1.09 bits per heavy atom. The molecule has 1 fully saturated rings. The van der Waals surface area contributed by atoms with E-state index in [0.717, 1.165) is 11.8 Å². The Balaban J connectivity index is 1.74. The lowest BCUT2D eigenvalue weighted by Gasteiger charge is -2.19. The summed E-state index contributed by atoms with van der Waals surface area (Å²) in [7, 11) is 1.49. The van der Waals surface area contributed by atoms with Crippen LogP contribution < -0.4 is 15.0 Å². The predicted octanol–water partition coefficient (Wildman–Crippen LogP) is 6.07. The van der Waals surface area contributed by atoms with Crippen LogP contribution in [0.15, 0.2) is 83.4 Å². The van der Waals surface area contributed by atoms with Gasteiger partial charge in [0.2, 0.25) is 5.91 Å². The molecule has 1 N–H and O–H groups in total. The largest absolute Gasteiger partial charge is 0.495 e. The van der Waals surface area contributed by atoms with Crippen LogP contribution in [0.2, 0.25) is 10.0 Å². The van der Waals surface area contributed by atoms with Gasteiger partial charge in [0, 0.05) is 5.69 Å². The fourth-order valence-corrected chi connectivity index (χ4v) is 5.33. The number of anilines is 2. The predicted molar refractivity (Wildman–Crippen MR) is 140 cm³/mol. The molecule has 0 unspecified atom stereocenters. The second kappa shape index (κ2) is 10.9. The average Bonchev–Trinajstić information content (AvgIpc) is 3.18. The smallest absolute Gasteiger partial charge is 0.269 e. The van der Waals surface area contributed by atoms with Crippen molar-refractivity contribution in [1.82, 2.24) is 0 Å². The van der Waals surface area contributed by atoms with Crippen LogP contribution in [0.4, 0.5) is 11.4 Å². The van der Waals surface area contributed by atoms with Crippen molar-refractivity contribution < 1.29 is 14.3 Å². The van der Waals surface area contributed by atoms with Gasteiger partial charge in [0.15, 0.2) is 0 Å².